The van der Waals surface area contributed by atoms with Gasteiger partial charge in [-0.25, -0.2) is 14.4 Å². The van der Waals surface area contributed by atoms with Crippen LogP contribution in [0.15, 0.2) is 47.6 Å². The van der Waals surface area contributed by atoms with Gasteiger partial charge in [0, 0.05) is 16.8 Å². The van der Waals surface area contributed by atoms with Crippen LogP contribution in [0.2, 0.25) is 0 Å². The molecule has 1 amide bonds. The van der Waals surface area contributed by atoms with Crippen LogP contribution in [0.3, 0.4) is 0 Å². The van der Waals surface area contributed by atoms with E-state index in [1.807, 2.05) is 0 Å². The second kappa shape index (κ2) is 8.19. The number of aromatic nitrogens is 2. The summed E-state index contributed by atoms with van der Waals surface area (Å²) in [5.74, 6) is 0.159. The highest BCUT2D eigenvalue weighted by molar-refractivity contribution is 7.98. The van der Waals surface area contributed by atoms with E-state index < -0.39 is 0 Å². The van der Waals surface area contributed by atoms with Crippen molar-refractivity contribution in [3.05, 3.63) is 70.1 Å². The molecule has 7 heteroatoms. The van der Waals surface area contributed by atoms with Crippen molar-refractivity contribution in [1.29, 1.82) is 0 Å². The molecular weight excluding hydrogens is 381 g/mol. The van der Waals surface area contributed by atoms with E-state index >= 15 is 0 Å². The first-order valence-corrected chi connectivity index (χ1v) is 10.6. The number of carbonyl (C=O) groups is 1. The fourth-order valence-corrected chi connectivity index (χ4v) is 4.97. The first-order chi connectivity index (χ1) is 13.2. The molecule has 2 aromatic heterocycles. The zero-order chi connectivity index (χ0) is 18.6. The van der Waals surface area contributed by atoms with Gasteiger partial charge in [-0.1, -0.05) is 12.1 Å². The van der Waals surface area contributed by atoms with Crippen LogP contribution in [0.25, 0.3) is 0 Å². The average Bonchev–Trinajstić information content (AvgIpc) is 3.10. The van der Waals surface area contributed by atoms with Crippen LogP contribution in [0.4, 0.5) is 9.52 Å². The lowest BCUT2D eigenvalue weighted by Crippen LogP contribution is -2.13. The predicted molar refractivity (Wildman–Crippen MR) is 107 cm³/mol. The molecule has 1 aliphatic carbocycles. The normalized spacial score (nSPS) is 13.2. The molecule has 0 unspecified atom stereocenters. The highest BCUT2D eigenvalue weighted by Gasteiger charge is 2.18. The van der Waals surface area contributed by atoms with Crippen molar-refractivity contribution in [1.82, 2.24) is 9.97 Å². The summed E-state index contributed by atoms with van der Waals surface area (Å²) in [6.07, 6.45) is 6.07. The largest absolute Gasteiger partial charge is 0.298 e. The van der Waals surface area contributed by atoms with Crippen LogP contribution < -0.4 is 5.32 Å². The molecule has 4 nitrogen and oxygen atoms in total. The predicted octanol–water partition coefficient (Wildman–Crippen LogP) is 5.10. The highest BCUT2D eigenvalue weighted by atomic mass is 32.2. The van der Waals surface area contributed by atoms with Gasteiger partial charge in [-0.2, -0.15) is 0 Å². The van der Waals surface area contributed by atoms with E-state index in [1.165, 1.54) is 35.2 Å². The summed E-state index contributed by atoms with van der Waals surface area (Å²) in [5.41, 5.74) is 2.63. The zero-order valence-electron chi connectivity index (χ0n) is 14.6. The second-order valence-corrected chi connectivity index (χ2v) is 8.37. The number of thiazole rings is 1. The van der Waals surface area contributed by atoms with Crippen LogP contribution in [0.5, 0.6) is 0 Å². The van der Waals surface area contributed by atoms with Gasteiger partial charge in [0.2, 0.25) is 0 Å². The first kappa shape index (κ1) is 18.1. The van der Waals surface area contributed by atoms with Crippen molar-refractivity contribution < 1.29 is 9.18 Å². The molecule has 27 heavy (non-hydrogen) atoms. The van der Waals surface area contributed by atoms with Crippen LogP contribution >= 0.6 is 23.1 Å². The molecule has 0 atom stereocenters. The Labute approximate surface area is 165 Å². The van der Waals surface area contributed by atoms with E-state index in [-0.39, 0.29) is 11.7 Å². The third-order valence-electron chi connectivity index (χ3n) is 4.37. The van der Waals surface area contributed by atoms with Crippen molar-refractivity contribution in [2.45, 2.75) is 36.5 Å². The van der Waals surface area contributed by atoms with Gasteiger partial charge in [-0.05, 0) is 55.5 Å². The van der Waals surface area contributed by atoms with Crippen LogP contribution in [0, 0.1) is 5.82 Å². The van der Waals surface area contributed by atoms with E-state index in [2.05, 4.69) is 15.3 Å². The number of benzene rings is 1. The summed E-state index contributed by atoms with van der Waals surface area (Å²) in [5, 5.41) is 4.24. The van der Waals surface area contributed by atoms with E-state index in [4.69, 9.17) is 0 Å². The Morgan fingerprint density at radius 2 is 2.00 bits per heavy atom. The van der Waals surface area contributed by atoms with Crippen molar-refractivity contribution in [3.63, 3.8) is 0 Å². The van der Waals surface area contributed by atoms with Gasteiger partial charge in [-0.3, -0.25) is 10.1 Å². The van der Waals surface area contributed by atoms with Crippen LogP contribution in [0.1, 0.15) is 39.3 Å². The second-order valence-electron chi connectivity index (χ2n) is 6.32. The minimum absolute atomic E-state index is 0.198. The molecule has 3 aromatic rings. The molecule has 0 bridgehead atoms. The maximum atomic E-state index is 13.0. The Morgan fingerprint density at radius 1 is 1.19 bits per heavy atom. The molecule has 0 saturated heterocycles. The van der Waals surface area contributed by atoms with Gasteiger partial charge >= 0.3 is 0 Å². The Morgan fingerprint density at radius 3 is 2.81 bits per heavy atom. The third kappa shape index (κ3) is 4.36. The lowest BCUT2D eigenvalue weighted by molar-refractivity contribution is 0.102. The van der Waals surface area contributed by atoms with Crippen molar-refractivity contribution >= 4 is 34.1 Å². The summed E-state index contributed by atoms with van der Waals surface area (Å²) in [4.78, 5) is 23.0. The standard InChI is InChI=1S/C20H18FN3OS2/c21-14-9-7-13(8-10-14)12-26-19-15(4-3-11-22-19)18(25)24-20-23-16-5-1-2-6-17(16)27-20/h3-4,7-11H,1-2,5-6,12H2,(H,23,24,25). The SMILES string of the molecule is O=C(Nc1nc2c(s1)CCCC2)c1cccnc1SCc1ccc(F)cc1. The number of hydrogen-bond donors (Lipinski definition) is 1. The number of halogens is 1. The molecule has 138 valence electrons. The average molecular weight is 400 g/mol. The molecule has 1 aromatic carbocycles. The molecule has 1 N–H and O–H groups in total. The van der Waals surface area contributed by atoms with E-state index in [0.717, 1.165) is 30.5 Å². The molecule has 0 spiro atoms. The lowest BCUT2D eigenvalue weighted by atomic mass is 10.0. The van der Waals surface area contributed by atoms with E-state index in [1.54, 1.807) is 41.8 Å². The number of fused-ring (bicyclic) bond motifs is 1. The van der Waals surface area contributed by atoms with Crippen LogP contribution in [-0.2, 0) is 18.6 Å². The van der Waals surface area contributed by atoms with E-state index in [9.17, 15) is 9.18 Å². The summed E-state index contributed by atoms with van der Waals surface area (Å²) in [6.45, 7) is 0. The molecule has 0 fully saturated rings. The molecule has 1 aliphatic rings. The lowest BCUT2D eigenvalue weighted by Gasteiger charge is -2.07. The summed E-state index contributed by atoms with van der Waals surface area (Å²) < 4.78 is 13.0. The third-order valence-corrected chi connectivity index (χ3v) is 6.52. The Hall–Kier alpha value is -2.25. The van der Waals surface area contributed by atoms with Gasteiger partial charge in [-0.15, -0.1) is 23.1 Å². The maximum Gasteiger partial charge on any atom is 0.260 e. The highest BCUT2D eigenvalue weighted by Crippen LogP contribution is 2.30. The number of nitrogens with zero attached hydrogens (tertiary/aromatic N) is 2. The van der Waals surface area contributed by atoms with Gasteiger partial charge in [0.25, 0.3) is 5.91 Å². The molecular formula is C20H18FN3OS2. The number of amides is 1. The molecule has 0 saturated carbocycles. The number of nitrogens with one attached hydrogen (secondary N) is 1. The minimum atomic E-state index is -0.257. The van der Waals surface area contributed by atoms with Crippen molar-refractivity contribution in [3.8, 4) is 0 Å². The quantitative estimate of drug-likeness (QED) is 0.607. The molecule has 2 heterocycles. The fraction of sp³-hybridized carbons (Fsp3) is 0.250. The number of hydrogen-bond acceptors (Lipinski definition) is 5. The monoisotopic (exact) mass is 399 g/mol. The zero-order valence-corrected chi connectivity index (χ0v) is 16.2. The molecule has 0 aliphatic heterocycles. The number of carbonyl (C=O) groups excluding carboxylic acids is 1. The molecule has 0 radical (unpaired) electrons. The van der Waals surface area contributed by atoms with Crippen LogP contribution in [-0.4, -0.2) is 15.9 Å². The van der Waals surface area contributed by atoms with E-state index in [0.29, 0.717) is 21.5 Å². The maximum absolute atomic E-state index is 13.0. The van der Waals surface area contributed by atoms with Gasteiger partial charge in [0.1, 0.15) is 10.8 Å². The van der Waals surface area contributed by atoms with Gasteiger partial charge in [0.15, 0.2) is 5.13 Å². The number of rotatable bonds is 5. The summed E-state index contributed by atoms with van der Waals surface area (Å²) >= 11 is 3.03. The number of anilines is 1. The topological polar surface area (TPSA) is 54.9 Å². The number of pyridine rings is 1. The minimum Gasteiger partial charge on any atom is -0.298 e. The van der Waals surface area contributed by atoms with Crippen molar-refractivity contribution in [2.24, 2.45) is 0 Å². The smallest absolute Gasteiger partial charge is 0.260 e. The number of aryl methyl sites for hydroxylation is 2. The fourth-order valence-electron chi connectivity index (χ4n) is 2.98. The summed E-state index contributed by atoms with van der Waals surface area (Å²) in [6, 6.07) is 9.88. The summed E-state index contributed by atoms with van der Waals surface area (Å²) in [7, 11) is 0. The van der Waals surface area contributed by atoms with Crippen molar-refractivity contribution in [2.75, 3.05) is 5.32 Å². The number of thioether (sulfide) groups is 1. The van der Waals surface area contributed by atoms with Gasteiger partial charge in [0.05, 0.1) is 11.3 Å². The van der Waals surface area contributed by atoms with Gasteiger partial charge < -0.3 is 0 Å². The molecule has 4 rings (SSSR count). The Kier molecular flexibility index (Phi) is 5.50. The Balaban J connectivity index is 1.47. The Bertz CT molecular complexity index is 933. The first-order valence-electron chi connectivity index (χ1n) is 8.81.